The highest BCUT2D eigenvalue weighted by Gasteiger charge is 2.20. The van der Waals surface area contributed by atoms with Gasteiger partial charge in [-0.25, -0.2) is 14.2 Å². The molecule has 0 spiro atoms. The number of carbonyl (C=O) groups is 1. The van der Waals surface area contributed by atoms with Gasteiger partial charge in [-0.05, 0) is 36.2 Å². The Morgan fingerprint density at radius 3 is 2.59 bits per heavy atom. The summed E-state index contributed by atoms with van der Waals surface area (Å²) in [6.45, 7) is 5.67. The largest absolute Gasteiger partial charge is 0.348 e. The molecule has 3 rings (SSSR count). The van der Waals surface area contributed by atoms with Crippen molar-refractivity contribution in [3.8, 4) is 22.8 Å². The summed E-state index contributed by atoms with van der Waals surface area (Å²) in [5.41, 5.74) is 0.796. The van der Waals surface area contributed by atoms with Gasteiger partial charge in [-0.15, -0.1) is 0 Å². The van der Waals surface area contributed by atoms with Crippen LogP contribution in [0.1, 0.15) is 32.8 Å². The van der Waals surface area contributed by atoms with E-state index in [4.69, 9.17) is 11.6 Å². The number of halogens is 2. The third kappa shape index (κ3) is 5.15. The van der Waals surface area contributed by atoms with Gasteiger partial charge in [0.2, 0.25) is 0 Å². The van der Waals surface area contributed by atoms with Crippen LogP contribution < -0.4 is 5.69 Å². The van der Waals surface area contributed by atoms with Crippen LogP contribution in [0.2, 0.25) is 5.02 Å². The molecule has 0 atom stereocenters. The van der Waals surface area contributed by atoms with Crippen molar-refractivity contribution in [2.24, 2.45) is 5.41 Å². The van der Waals surface area contributed by atoms with Crippen LogP contribution in [-0.2, 0) is 11.2 Å². The molecule has 150 valence electrons. The van der Waals surface area contributed by atoms with Gasteiger partial charge in [-0.1, -0.05) is 50.6 Å². The van der Waals surface area contributed by atoms with Gasteiger partial charge in [-0.3, -0.25) is 9.78 Å². The number of nitrogens with zero attached hydrogens (tertiary/aromatic N) is 2. The molecule has 0 amide bonds. The number of aromatic nitrogens is 3. The Labute approximate surface area is 173 Å². The molecular weight excluding hydrogens is 393 g/mol. The van der Waals surface area contributed by atoms with Crippen LogP contribution in [0.3, 0.4) is 0 Å². The molecule has 3 aromatic rings. The molecule has 0 bridgehead atoms. The fraction of sp³-hybridized carbons (Fsp3) is 0.273. The van der Waals surface area contributed by atoms with Crippen LogP contribution in [0.25, 0.3) is 22.8 Å². The zero-order chi connectivity index (χ0) is 21.2. The minimum absolute atomic E-state index is 0.104. The number of hydrogen-bond acceptors (Lipinski definition) is 4. The monoisotopic (exact) mass is 413 g/mol. The number of ketones is 1. The fourth-order valence-corrected chi connectivity index (χ4v) is 3.02. The van der Waals surface area contributed by atoms with Gasteiger partial charge >= 0.3 is 5.69 Å². The van der Waals surface area contributed by atoms with Crippen LogP contribution in [0.5, 0.6) is 0 Å². The second-order valence-electron chi connectivity index (χ2n) is 7.82. The summed E-state index contributed by atoms with van der Waals surface area (Å²) in [6.07, 6.45) is 0.950. The molecule has 0 aliphatic carbocycles. The summed E-state index contributed by atoms with van der Waals surface area (Å²) in [6, 6.07) is 11.1. The second kappa shape index (κ2) is 8.25. The number of hydrogen-bond donors (Lipinski definition) is 1. The van der Waals surface area contributed by atoms with Gasteiger partial charge < -0.3 is 0 Å². The lowest BCUT2D eigenvalue weighted by Gasteiger charge is -2.16. The molecule has 0 saturated carbocycles. The van der Waals surface area contributed by atoms with Gasteiger partial charge in [0, 0.05) is 23.0 Å². The quantitative estimate of drug-likeness (QED) is 0.649. The highest BCUT2D eigenvalue weighted by atomic mass is 35.5. The van der Waals surface area contributed by atoms with Crippen molar-refractivity contribution >= 4 is 17.4 Å². The summed E-state index contributed by atoms with van der Waals surface area (Å²) < 4.78 is 13.5. The normalized spacial score (nSPS) is 11.5. The molecule has 7 heteroatoms. The average molecular weight is 414 g/mol. The van der Waals surface area contributed by atoms with Crippen LogP contribution in [0.15, 0.2) is 47.3 Å². The first-order valence-corrected chi connectivity index (χ1v) is 9.58. The van der Waals surface area contributed by atoms with Crippen molar-refractivity contribution < 1.29 is 9.18 Å². The van der Waals surface area contributed by atoms with E-state index in [-0.39, 0.29) is 17.4 Å². The lowest BCUT2D eigenvalue weighted by atomic mass is 9.87. The van der Waals surface area contributed by atoms with Crippen molar-refractivity contribution in [1.82, 2.24) is 15.0 Å². The molecule has 0 aliphatic rings. The summed E-state index contributed by atoms with van der Waals surface area (Å²) in [5, 5.41) is 0.399. The lowest BCUT2D eigenvalue weighted by molar-refractivity contribution is -0.126. The maximum absolute atomic E-state index is 13.5. The highest BCUT2D eigenvalue weighted by molar-refractivity contribution is 6.33. The molecule has 1 aromatic heterocycles. The SMILES string of the molecule is CC(C)(C)C(=O)CCc1ccc(Cl)c(-c2nc(-c3cccc(F)c3)nc(=O)[nH]2)c1. The lowest BCUT2D eigenvalue weighted by Crippen LogP contribution is -2.20. The molecule has 0 fully saturated rings. The number of H-pyrrole nitrogens is 1. The fourth-order valence-electron chi connectivity index (χ4n) is 2.81. The number of aromatic amines is 1. The van der Waals surface area contributed by atoms with E-state index in [9.17, 15) is 14.0 Å². The Morgan fingerprint density at radius 1 is 1.14 bits per heavy atom. The molecule has 1 heterocycles. The molecule has 0 saturated heterocycles. The van der Waals surface area contributed by atoms with Crippen LogP contribution in [-0.4, -0.2) is 20.7 Å². The smallest absolute Gasteiger partial charge is 0.299 e. The highest BCUT2D eigenvalue weighted by Crippen LogP contribution is 2.28. The molecule has 1 N–H and O–H groups in total. The Balaban J connectivity index is 1.96. The molecule has 0 unspecified atom stereocenters. The van der Waals surface area contributed by atoms with E-state index in [1.165, 1.54) is 18.2 Å². The Morgan fingerprint density at radius 2 is 1.90 bits per heavy atom. The van der Waals surface area contributed by atoms with E-state index in [2.05, 4.69) is 15.0 Å². The molecular formula is C22H21ClFN3O2. The first-order chi connectivity index (χ1) is 13.6. The van der Waals surface area contributed by atoms with Crippen molar-refractivity contribution in [1.29, 1.82) is 0 Å². The van der Waals surface area contributed by atoms with Crippen LogP contribution >= 0.6 is 11.6 Å². The summed E-state index contributed by atoms with van der Waals surface area (Å²) in [7, 11) is 0. The number of rotatable bonds is 5. The Bertz CT molecular complexity index is 1120. The van der Waals surface area contributed by atoms with Gasteiger partial charge in [0.05, 0.1) is 5.02 Å². The van der Waals surface area contributed by atoms with Crippen molar-refractivity contribution in [3.63, 3.8) is 0 Å². The van der Waals surface area contributed by atoms with E-state index in [0.29, 0.717) is 29.0 Å². The average Bonchev–Trinajstić information content (AvgIpc) is 2.65. The van der Waals surface area contributed by atoms with E-state index >= 15 is 0 Å². The van der Waals surface area contributed by atoms with Gasteiger partial charge in [-0.2, -0.15) is 4.98 Å². The summed E-state index contributed by atoms with van der Waals surface area (Å²) in [5.74, 6) is 0.0557. The van der Waals surface area contributed by atoms with E-state index in [1.54, 1.807) is 18.2 Å². The summed E-state index contributed by atoms with van der Waals surface area (Å²) >= 11 is 6.33. The molecule has 0 aliphatic heterocycles. The number of benzene rings is 2. The number of nitrogens with one attached hydrogen (secondary N) is 1. The number of aryl methyl sites for hydroxylation is 1. The maximum Gasteiger partial charge on any atom is 0.348 e. The Hall–Kier alpha value is -2.86. The number of carbonyl (C=O) groups excluding carboxylic acids is 1. The van der Waals surface area contributed by atoms with Gasteiger partial charge in [0.25, 0.3) is 0 Å². The first-order valence-electron chi connectivity index (χ1n) is 9.20. The molecule has 29 heavy (non-hydrogen) atoms. The second-order valence-corrected chi connectivity index (χ2v) is 8.23. The van der Waals surface area contributed by atoms with E-state index in [1.807, 2.05) is 26.8 Å². The van der Waals surface area contributed by atoms with Crippen LogP contribution in [0, 0.1) is 11.2 Å². The molecule has 5 nitrogen and oxygen atoms in total. The molecule has 2 aromatic carbocycles. The minimum Gasteiger partial charge on any atom is -0.299 e. The predicted molar refractivity (Wildman–Crippen MR) is 111 cm³/mol. The minimum atomic E-state index is -0.612. The summed E-state index contributed by atoms with van der Waals surface area (Å²) in [4.78, 5) is 35.1. The zero-order valence-electron chi connectivity index (χ0n) is 16.4. The topological polar surface area (TPSA) is 75.7 Å². The third-order valence-corrected chi connectivity index (χ3v) is 4.83. The van der Waals surface area contributed by atoms with E-state index in [0.717, 1.165) is 5.56 Å². The van der Waals surface area contributed by atoms with Crippen molar-refractivity contribution in [2.75, 3.05) is 0 Å². The predicted octanol–water partition coefficient (Wildman–Crippen LogP) is 4.84. The van der Waals surface area contributed by atoms with Gasteiger partial charge in [0.15, 0.2) is 5.82 Å². The zero-order valence-corrected chi connectivity index (χ0v) is 17.2. The van der Waals surface area contributed by atoms with Crippen LogP contribution in [0.4, 0.5) is 4.39 Å². The number of Topliss-reactive ketones (excluding diaryl/α,β-unsaturated/α-hetero) is 1. The first kappa shape index (κ1) is 20.9. The van der Waals surface area contributed by atoms with Crippen molar-refractivity contribution in [2.45, 2.75) is 33.6 Å². The standard InChI is InChI=1S/C22H21ClFN3O2/c1-22(2,3)18(28)10-8-13-7-9-17(23)16(11-13)20-25-19(26-21(29)27-20)14-5-4-6-15(24)12-14/h4-7,9,11-12H,8,10H2,1-3H3,(H,25,26,27,29). The van der Waals surface area contributed by atoms with Gasteiger partial charge in [0.1, 0.15) is 17.4 Å². The molecule has 0 radical (unpaired) electrons. The maximum atomic E-state index is 13.5. The Kier molecular flexibility index (Phi) is 5.94. The third-order valence-electron chi connectivity index (χ3n) is 4.50. The van der Waals surface area contributed by atoms with Crippen molar-refractivity contribution in [3.05, 3.63) is 69.4 Å². The van der Waals surface area contributed by atoms with E-state index < -0.39 is 16.9 Å².